The third-order valence-corrected chi connectivity index (χ3v) is 11.2. The van der Waals surface area contributed by atoms with Crippen LogP contribution < -0.4 is 10.1 Å². The van der Waals surface area contributed by atoms with Crippen LogP contribution >= 0.6 is 0 Å². The van der Waals surface area contributed by atoms with E-state index in [1.807, 2.05) is 0 Å². The van der Waals surface area contributed by atoms with Crippen molar-refractivity contribution in [3.8, 4) is 16.9 Å². The maximum absolute atomic E-state index is 6.69. The summed E-state index contributed by atoms with van der Waals surface area (Å²) < 4.78 is 6.69. The van der Waals surface area contributed by atoms with E-state index in [2.05, 4.69) is 169 Å². The summed E-state index contributed by atoms with van der Waals surface area (Å²) in [4.78, 5) is 9.01. The van der Waals surface area contributed by atoms with Gasteiger partial charge < -0.3 is 15.0 Å². The SMILES string of the molecule is CC1(c2ccccc2)CC=C(c2ccccc2-c2ccc3c(c2)OC2CC=C(c4cccc5[nH]c6ccccc6c45)C=C32)N=C(C2=CC=CCC2)N1. The van der Waals surface area contributed by atoms with Crippen LogP contribution in [0.5, 0.6) is 5.75 Å². The van der Waals surface area contributed by atoms with Gasteiger partial charge in [-0.05, 0) is 83.9 Å². The first-order valence-electron chi connectivity index (χ1n) is 18.4. The Balaban J connectivity index is 1.02. The number of H-pyrrole nitrogens is 1. The highest BCUT2D eigenvalue weighted by atomic mass is 16.5. The number of nitrogens with zero attached hydrogens (tertiary/aromatic N) is 1. The summed E-state index contributed by atoms with van der Waals surface area (Å²) in [5, 5.41) is 6.43. The minimum atomic E-state index is -0.295. The van der Waals surface area contributed by atoms with Crippen LogP contribution in [0.15, 0.2) is 162 Å². The lowest BCUT2D eigenvalue weighted by Gasteiger charge is -2.32. The van der Waals surface area contributed by atoms with Crippen LogP contribution in [0.1, 0.15) is 54.9 Å². The van der Waals surface area contributed by atoms with Crippen molar-refractivity contribution in [3.05, 3.63) is 180 Å². The number of para-hydroxylation sites is 1. The number of nitrogens with one attached hydrogen (secondary N) is 2. The van der Waals surface area contributed by atoms with E-state index in [-0.39, 0.29) is 11.6 Å². The van der Waals surface area contributed by atoms with Crippen molar-refractivity contribution in [2.45, 2.75) is 44.2 Å². The Hall–Kier alpha value is -6.13. The second kappa shape index (κ2) is 12.3. The van der Waals surface area contributed by atoms with Gasteiger partial charge in [0, 0.05) is 44.9 Å². The average molecular weight is 674 g/mol. The number of aromatic amines is 1. The molecule has 3 heterocycles. The molecule has 2 aliphatic heterocycles. The second-order valence-corrected chi connectivity index (χ2v) is 14.5. The average Bonchev–Trinajstić information content (AvgIpc) is 3.71. The Morgan fingerprint density at radius 2 is 1.58 bits per heavy atom. The molecule has 5 aromatic carbocycles. The molecule has 0 fully saturated rings. The molecular formula is C48H39N3O. The van der Waals surface area contributed by atoms with Crippen molar-refractivity contribution in [1.29, 1.82) is 0 Å². The standard InChI is InChI=1S/C48H39N3O/c1-48(34-15-6-3-7-16-34)28-27-42(50-47(51-48)31-13-4-2-5-14-31)37-18-9-8-17-35(37)33-23-25-38-40-29-32(24-26-44(40)52-45(38)30-33)36-20-12-22-43-46(36)39-19-10-11-21-41(39)49-43/h2-4,6-13,15-25,27,29-30,44,49H,5,14,26,28H2,1H3,(H,50,51). The van der Waals surface area contributed by atoms with Crippen molar-refractivity contribution < 1.29 is 4.74 Å². The Morgan fingerprint density at radius 1 is 0.769 bits per heavy atom. The predicted octanol–water partition coefficient (Wildman–Crippen LogP) is 11.5. The highest BCUT2D eigenvalue weighted by molar-refractivity contribution is 6.13. The first-order valence-corrected chi connectivity index (χ1v) is 18.4. The third kappa shape index (κ3) is 5.17. The van der Waals surface area contributed by atoms with Gasteiger partial charge in [0.1, 0.15) is 17.7 Å². The quantitative estimate of drug-likeness (QED) is 0.191. The van der Waals surface area contributed by atoms with Crippen molar-refractivity contribution >= 4 is 44.5 Å². The topological polar surface area (TPSA) is 49.4 Å². The number of allylic oxidation sites excluding steroid dienone is 5. The molecule has 2 aliphatic carbocycles. The number of benzene rings is 5. The number of aliphatic imine (C=N–C) groups is 1. The largest absolute Gasteiger partial charge is 0.485 e. The fourth-order valence-electron chi connectivity index (χ4n) is 8.44. The van der Waals surface area contributed by atoms with Gasteiger partial charge in [-0.2, -0.15) is 0 Å². The zero-order chi connectivity index (χ0) is 34.6. The Bertz CT molecular complexity index is 2600. The van der Waals surface area contributed by atoms with Crippen LogP contribution in [-0.2, 0) is 5.54 Å². The summed E-state index contributed by atoms with van der Waals surface area (Å²) in [6.07, 6.45) is 17.3. The molecule has 0 amide bonds. The van der Waals surface area contributed by atoms with Gasteiger partial charge in [0.05, 0.1) is 11.2 Å². The van der Waals surface area contributed by atoms with Gasteiger partial charge in [0.15, 0.2) is 0 Å². The zero-order valence-electron chi connectivity index (χ0n) is 29.2. The molecule has 252 valence electrons. The van der Waals surface area contributed by atoms with Crippen LogP contribution in [0.25, 0.3) is 49.8 Å². The van der Waals surface area contributed by atoms with E-state index in [4.69, 9.17) is 9.73 Å². The molecule has 2 unspecified atom stereocenters. The summed E-state index contributed by atoms with van der Waals surface area (Å²) in [5.41, 5.74) is 13.9. The Labute approximate surface area is 304 Å². The van der Waals surface area contributed by atoms with Gasteiger partial charge in [0.2, 0.25) is 0 Å². The fourth-order valence-corrected chi connectivity index (χ4v) is 8.44. The molecule has 0 saturated carbocycles. The molecule has 52 heavy (non-hydrogen) atoms. The van der Waals surface area contributed by atoms with Crippen LogP contribution in [-0.4, -0.2) is 16.9 Å². The number of amidine groups is 1. The lowest BCUT2D eigenvalue weighted by molar-refractivity contribution is 0.279. The molecule has 10 rings (SSSR count). The summed E-state index contributed by atoms with van der Waals surface area (Å²) >= 11 is 0. The maximum Gasteiger partial charge on any atom is 0.130 e. The first kappa shape index (κ1) is 30.7. The van der Waals surface area contributed by atoms with Gasteiger partial charge in [-0.3, -0.25) is 0 Å². The number of rotatable bonds is 5. The van der Waals surface area contributed by atoms with Crippen LogP contribution in [0.2, 0.25) is 0 Å². The number of hydrogen-bond acceptors (Lipinski definition) is 3. The van der Waals surface area contributed by atoms with Crippen molar-refractivity contribution in [3.63, 3.8) is 0 Å². The Morgan fingerprint density at radius 3 is 2.46 bits per heavy atom. The smallest absolute Gasteiger partial charge is 0.130 e. The monoisotopic (exact) mass is 673 g/mol. The summed E-state index contributed by atoms with van der Waals surface area (Å²) in [5.74, 6) is 1.90. The first-order chi connectivity index (χ1) is 25.6. The van der Waals surface area contributed by atoms with Crippen LogP contribution in [0, 0.1) is 0 Å². The molecule has 2 N–H and O–H groups in total. The number of ether oxygens (including phenoxy) is 1. The fraction of sp³-hybridized carbons (Fsp3) is 0.146. The predicted molar refractivity (Wildman–Crippen MR) is 216 cm³/mol. The van der Waals surface area contributed by atoms with Crippen molar-refractivity contribution in [1.82, 2.24) is 10.3 Å². The minimum Gasteiger partial charge on any atom is -0.485 e. The summed E-state index contributed by atoms with van der Waals surface area (Å²) in [6.45, 7) is 2.29. The molecule has 4 heteroatoms. The highest BCUT2D eigenvalue weighted by Crippen LogP contribution is 2.46. The van der Waals surface area contributed by atoms with E-state index in [9.17, 15) is 0 Å². The molecular weight excluding hydrogens is 635 g/mol. The molecule has 4 aliphatic rings. The second-order valence-electron chi connectivity index (χ2n) is 14.5. The molecule has 1 aromatic heterocycles. The maximum atomic E-state index is 6.69. The lowest BCUT2D eigenvalue weighted by atomic mass is 9.87. The van der Waals surface area contributed by atoms with Crippen LogP contribution in [0.4, 0.5) is 0 Å². The number of aromatic nitrogens is 1. The van der Waals surface area contributed by atoms with Crippen molar-refractivity contribution in [2.24, 2.45) is 4.99 Å². The molecule has 2 atom stereocenters. The summed E-state index contributed by atoms with van der Waals surface area (Å²) in [7, 11) is 0. The van der Waals surface area contributed by atoms with Gasteiger partial charge in [-0.25, -0.2) is 4.99 Å². The molecule has 0 spiro atoms. The molecule has 6 aromatic rings. The Kier molecular flexibility index (Phi) is 7.24. The molecule has 0 bridgehead atoms. The lowest BCUT2D eigenvalue weighted by Crippen LogP contribution is -2.43. The number of hydrogen-bond donors (Lipinski definition) is 2. The number of fused-ring (bicyclic) bond motifs is 6. The van der Waals surface area contributed by atoms with E-state index >= 15 is 0 Å². The summed E-state index contributed by atoms with van der Waals surface area (Å²) in [6, 6.07) is 41.3. The molecule has 0 saturated heterocycles. The van der Waals surface area contributed by atoms with E-state index < -0.39 is 0 Å². The molecule has 4 nitrogen and oxygen atoms in total. The van der Waals surface area contributed by atoms with Gasteiger partial charge >= 0.3 is 0 Å². The van der Waals surface area contributed by atoms with E-state index in [1.54, 1.807) is 0 Å². The van der Waals surface area contributed by atoms with Crippen LogP contribution in [0.3, 0.4) is 0 Å². The zero-order valence-corrected chi connectivity index (χ0v) is 29.2. The van der Waals surface area contributed by atoms with Gasteiger partial charge in [-0.1, -0.05) is 127 Å². The molecule has 0 radical (unpaired) electrons. The third-order valence-electron chi connectivity index (χ3n) is 11.2. The van der Waals surface area contributed by atoms with E-state index in [0.717, 1.165) is 59.7 Å². The van der Waals surface area contributed by atoms with Crippen molar-refractivity contribution in [2.75, 3.05) is 0 Å². The van der Waals surface area contributed by atoms with Gasteiger partial charge in [0.25, 0.3) is 0 Å². The van der Waals surface area contributed by atoms with E-state index in [1.165, 1.54) is 55.2 Å². The normalized spacial score (nSPS) is 20.8. The van der Waals surface area contributed by atoms with Gasteiger partial charge in [-0.15, -0.1) is 0 Å². The van der Waals surface area contributed by atoms with E-state index in [0.29, 0.717) is 0 Å². The highest BCUT2D eigenvalue weighted by Gasteiger charge is 2.33. The minimum absolute atomic E-state index is 0.0164.